The first-order valence-corrected chi connectivity index (χ1v) is 14.5. The summed E-state index contributed by atoms with van der Waals surface area (Å²) in [6.45, 7) is 3.30. The lowest BCUT2D eigenvalue weighted by molar-refractivity contribution is -0.140. The third-order valence-corrected chi connectivity index (χ3v) is 7.16. The van der Waals surface area contributed by atoms with Crippen LogP contribution < -0.4 is 14.4 Å². The number of rotatable bonds is 13. The third-order valence-electron chi connectivity index (χ3n) is 6.03. The van der Waals surface area contributed by atoms with Crippen molar-refractivity contribution in [1.29, 1.82) is 0 Å². The highest BCUT2D eigenvalue weighted by atomic mass is 32.2. The normalized spacial score (nSPS) is 11.9. The number of benzene rings is 3. The lowest BCUT2D eigenvalue weighted by atomic mass is 10.0. The van der Waals surface area contributed by atoms with Gasteiger partial charge in [0.2, 0.25) is 21.8 Å². The molecule has 3 aromatic rings. The van der Waals surface area contributed by atoms with Crippen molar-refractivity contribution in [3.05, 3.63) is 95.8 Å². The average Bonchev–Trinajstić information content (AvgIpc) is 2.91. The van der Waals surface area contributed by atoms with Crippen molar-refractivity contribution in [3.8, 4) is 5.75 Å². The Morgan fingerprint density at radius 2 is 1.59 bits per heavy atom. The van der Waals surface area contributed by atoms with Crippen molar-refractivity contribution in [2.24, 2.45) is 0 Å². The number of hydrogen-bond donors (Lipinski definition) is 1. The van der Waals surface area contributed by atoms with E-state index in [0.717, 1.165) is 16.1 Å². The first-order valence-electron chi connectivity index (χ1n) is 12.7. The molecule has 39 heavy (non-hydrogen) atoms. The van der Waals surface area contributed by atoms with Crippen LogP contribution in [0.2, 0.25) is 0 Å². The molecule has 3 aromatic carbocycles. The number of halogens is 1. The predicted molar refractivity (Wildman–Crippen MR) is 149 cm³/mol. The Kier molecular flexibility index (Phi) is 10.4. The maximum absolute atomic E-state index is 14.7. The number of hydrogen-bond acceptors (Lipinski definition) is 5. The molecule has 0 fully saturated rings. The third kappa shape index (κ3) is 8.03. The van der Waals surface area contributed by atoms with E-state index in [9.17, 15) is 22.4 Å². The van der Waals surface area contributed by atoms with E-state index in [0.29, 0.717) is 12.3 Å². The molecular weight excluding hydrogens is 521 g/mol. The van der Waals surface area contributed by atoms with Gasteiger partial charge in [0.05, 0.1) is 18.6 Å². The van der Waals surface area contributed by atoms with Crippen LogP contribution in [0.1, 0.15) is 25.0 Å². The highest BCUT2D eigenvalue weighted by molar-refractivity contribution is 7.92. The summed E-state index contributed by atoms with van der Waals surface area (Å²) in [5.41, 5.74) is 1.19. The Morgan fingerprint density at radius 3 is 2.23 bits per heavy atom. The van der Waals surface area contributed by atoms with Gasteiger partial charge in [-0.05, 0) is 37.6 Å². The van der Waals surface area contributed by atoms with Crippen LogP contribution in [0, 0.1) is 5.82 Å². The lowest BCUT2D eigenvalue weighted by Crippen LogP contribution is -2.53. The highest BCUT2D eigenvalue weighted by Gasteiger charge is 2.33. The van der Waals surface area contributed by atoms with Crippen molar-refractivity contribution in [1.82, 2.24) is 10.2 Å². The van der Waals surface area contributed by atoms with Crippen LogP contribution in [-0.2, 0) is 32.6 Å². The topological polar surface area (TPSA) is 96.0 Å². The Hall–Kier alpha value is -3.92. The van der Waals surface area contributed by atoms with Crippen LogP contribution in [0.25, 0.3) is 0 Å². The zero-order chi connectivity index (χ0) is 28.4. The van der Waals surface area contributed by atoms with Gasteiger partial charge >= 0.3 is 0 Å². The maximum atomic E-state index is 14.7. The molecule has 0 aliphatic rings. The van der Waals surface area contributed by atoms with E-state index in [1.807, 2.05) is 30.3 Å². The van der Waals surface area contributed by atoms with E-state index in [2.05, 4.69) is 5.32 Å². The Labute approximate surface area is 229 Å². The minimum Gasteiger partial charge on any atom is -0.492 e. The zero-order valence-electron chi connectivity index (χ0n) is 22.3. The summed E-state index contributed by atoms with van der Waals surface area (Å²) in [6, 6.07) is 20.6. The average molecular weight is 556 g/mol. The van der Waals surface area contributed by atoms with Crippen LogP contribution in [0.5, 0.6) is 5.75 Å². The first kappa shape index (κ1) is 29.6. The molecule has 0 spiro atoms. The summed E-state index contributed by atoms with van der Waals surface area (Å²) in [4.78, 5) is 28.5. The van der Waals surface area contributed by atoms with Gasteiger partial charge in [-0.2, -0.15) is 0 Å². The summed E-state index contributed by atoms with van der Waals surface area (Å²) in [5, 5.41) is 2.76. The summed E-state index contributed by atoms with van der Waals surface area (Å²) in [7, 11) is -3.95. The second-order valence-corrected chi connectivity index (χ2v) is 10.8. The minimum atomic E-state index is -3.95. The molecule has 1 N–H and O–H groups in total. The van der Waals surface area contributed by atoms with E-state index in [1.54, 1.807) is 44.2 Å². The minimum absolute atomic E-state index is 0.154. The van der Waals surface area contributed by atoms with Crippen molar-refractivity contribution >= 4 is 27.5 Å². The Balaban J connectivity index is 2.07. The molecule has 0 unspecified atom stereocenters. The summed E-state index contributed by atoms with van der Waals surface area (Å²) in [6.07, 6.45) is 1.15. The monoisotopic (exact) mass is 555 g/mol. The number of sulfonamides is 1. The molecule has 2 amide bonds. The number of anilines is 1. The van der Waals surface area contributed by atoms with Gasteiger partial charge in [-0.15, -0.1) is 0 Å². The van der Waals surface area contributed by atoms with Gasteiger partial charge in [-0.25, -0.2) is 12.8 Å². The number of nitrogens with one attached hydrogen (secondary N) is 1. The molecule has 208 valence electrons. The second kappa shape index (κ2) is 13.7. The number of carbonyl (C=O) groups is 2. The largest absolute Gasteiger partial charge is 0.492 e. The molecule has 0 aliphatic heterocycles. The number of ether oxygens (including phenoxy) is 1. The van der Waals surface area contributed by atoms with Crippen molar-refractivity contribution in [2.75, 3.05) is 30.3 Å². The highest BCUT2D eigenvalue weighted by Crippen LogP contribution is 2.30. The number of para-hydroxylation sites is 2. The summed E-state index contributed by atoms with van der Waals surface area (Å²) < 4.78 is 47.1. The number of carbonyl (C=O) groups excluding carboxylic acids is 2. The quantitative estimate of drug-likeness (QED) is 0.347. The van der Waals surface area contributed by atoms with Gasteiger partial charge in [0, 0.05) is 25.1 Å². The standard InChI is InChI=1S/C29H34FN3O5S/c1-4-31-29(35)26(19-22-13-7-6-8-14-22)32(20-23-15-9-10-16-24(23)30)28(34)21-33(39(3,36)37)25-17-11-12-18-27(25)38-5-2/h6-18,26H,4-5,19-21H2,1-3H3,(H,31,35)/t26-/m0/s1. The molecule has 1 atom stereocenters. The number of amides is 2. The van der Waals surface area contributed by atoms with Crippen molar-refractivity contribution in [2.45, 2.75) is 32.9 Å². The summed E-state index contributed by atoms with van der Waals surface area (Å²) in [5.74, 6) is -1.33. The first-order chi connectivity index (χ1) is 18.7. The maximum Gasteiger partial charge on any atom is 0.244 e. The molecule has 10 heteroatoms. The zero-order valence-corrected chi connectivity index (χ0v) is 23.2. The molecule has 0 saturated heterocycles. The molecule has 8 nitrogen and oxygen atoms in total. The SMILES string of the molecule is CCNC(=O)[C@H](Cc1ccccc1)N(Cc1ccccc1F)C(=O)CN(c1ccccc1OCC)S(C)(=O)=O. The van der Waals surface area contributed by atoms with E-state index in [4.69, 9.17) is 4.74 Å². The fraction of sp³-hybridized carbons (Fsp3) is 0.310. The Morgan fingerprint density at radius 1 is 0.949 bits per heavy atom. The van der Waals surface area contributed by atoms with Gasteiger partial charge in [0.15, 0.2) is 0 Å². The predicted octanol–water partition coefficient (Wildman–Crippen LogP) is 3.77. The molecule has 0 aliphatic carbocycles. The molecule has 3 rings (SSSR count). The van der Waals surface area contributed by atoms with Crippen molar-refractivity contribution < 1.29 is 27.1 Å². The molecule has 0 bridgehead atoms. The molecule has 0 radical (unpaired) electrons. The van der Waals surface area contributed by atoms with E-state index in [-0.39, 0.29) is 30.8 Å². The fourth-order valence-corrected chi connectivity index (χ4v) is 5.04. The van der Waals surface area contributed by atoms with Gasteiger partial charge in [0.25, 0.3) is 0 Å². The van der Waals surface area contributed by atoms with E-state index >= 15 is 0 Å². The van der Waals surface area contributed by atoms with E-state index in [1.165, 1.54) is 23.1 Å². The number of nitrogens with zero attached hydrogens (tertiary/aromatic N) is 2. The van der Waals surface area contributed by atoms with Gasteiger partial charge in [-0.1, -0.05) is 60.7 Å². The molecule has 0 heterocycles. The van der Waals surface area contributed by atoms with Crippen molar-refractivity contribution in [3.63, 3.8) is 0 Å². The van der Waals surface area contributed by atoms with Gasteiger partial charge in [0.1, 0.15) is 24.2 Å². The van der Waals surface area contributed by atoms with Crippen LogP contribution in [0.4, 0.5) is 10.1 Å². The fourth-order valence-electron chi connectivity index (χ4n) is 4.19. The molecule has 0 aromatic heterocycles. The lowest BCUT2D eigenvalue weighted by Gasteiger charge is -2.33. The van der Waals surface area contributed by atoms with Crippen LogP contribution in [-0.4, -0.2) is 57.1 Å². The van der Waals surface area contributed by atoms with Gasteiger partial charge in [-0.3, -0.25) is 13.9 Å². The summed E-state index contributed by atoms with van der Waals surface area (Å²) >= 11 is 0. The smallest absolute Gasteiger partial charge is 0.244 e. The molecular formula is C29H34FN3O5S. The van der Waals surface area contributed by atoms with Crippen LogP contribution in [0.15, 0.2) is 78.9 Å². The Bertz CT molecular complexity index is 1370. The second-order valence-electron chi connectivity index (χ2n) is 8.88. The van der Waals surface area contributed by atoms with Crippen LogP contribution in [0.3, 0.4) is 0 Å². The van der Waals surface area contributed by atoms with Gasteiger partial charge < -0.3 is 15.0 Å². The van der Waals surface area contributed by atoms with E-state index < -0.39 is 40.2 Å². The molecule has 0 saturated carbocycles. The van der Waals surface area contributed by atoms with Crippen LogP contribution >= 0.6 is 0 Å². The number of likely N-dealkylation sites (N-methyl/N-ethyl adjacent to an activating group) is 1.